The average Bonchev–Trinajstić information content (AvgIpc) is 3.24. The molecule has 2 unspecified atom stereocenters. The fourth-order valence-electron chi connectivity index (χ4n) is 4.10. The van der Waals surface area contributed by atoms with E-state index in [0.717, 1.165) is 17.5 Å². The highest BCUT2D eigenvalue weighted by molar-refractivity contribution is 5.74. The Morgan fingerprint density at radius 1 is 1.07 bits per heavy atom. The molecule has 162 valence electrons. The van der Waals surface area contributed by atoms with Crippen LogP contribution >= 0.6 is 0 Å². The van der Waals surface area contributed by atoms with Gasteiger partial charge < -0.3 is 24.1 Å². The molecule has 0 saturated carbocycles. The Labute approximate surface area is 177 Å². The van der Waals surface area contributed by atoms with Crippen molar-refractivity contribution >= 4 is 5.97 Å². The first-order chi connectivity index (χ1) is 14.5. The molecule has 0 aromatic heterocycles. The maximum atomic E-state index is 12.0. The number of carbonyl (C=O) groups is 1. The lowest BCUT2D eigenvalue weighted by atomic mass is 9.94. The molecular weight excluding hydrogens is 386 g/mol. The van der Waals surface area contributed by atoms with Gasteiger partial charge in [0, 0.05) is 12.1 Å². The molecule has 0 bridgehead atoms. The number of carboxylic acids is 1. The SMILES string of the molecule is CCOc1ccc(C(c2cc(OC)ccc2OC)N2CCCC2C(=O)O)cc1OC. The zero-order chi connectivity index (χ0) is 21.7. The summed E-state index contributed by atoms with van der Waals surface area (Å²) in [6.07, 6.45) is 1.42. The van der Waals surface area contributed by atoms with Crippen molar-refractivity contribution in [1.29, 1.82) is 0 Å². The second-order valence-corrected chi connectivity index (χ2v) is 7.09. The molecule has 1 heterocycles. The highest BCUT2D eigenvalue weighted by Crippen LogP contribution is 2.42. The number of methoxy groups -OCH3 is 3. The molecule has 1 aliphatic heterocycles. The number of benzene rings is 2. The van der Waals surface area contributed by atoms with E-state index in [2.05, 4.69) is 0 Å². The Kier molecular flexibility index (Phi) is 7.05. The molecule has 2 aromatic carbocycles. The molecule has 1 saturated heterocycles. The number of ether oxygens (including phenoxy) is 4. The van der Waals surface area contributed by atoms with Crippen molar-refractivity contribution in [3.63, 3.8) is 0 Å². The molecule has 0 radical (unpaired) electrons. The second-order valence-electron chi connectivity index (χ2n) is 7.09. The zero-order valence-corrected chi connectivity index (χ0v) is 17.9. The third-order valence-electron chi connectivity index (χ3n) is 5.45. The normalized spacial score (nSPS) is 17.4. The van der Waals surface area contributed by atoms with E-state index < -0.39 is 12.0 Å². The van der Waals surface area contributed by atoms with E-state index in [1.807, 2.05) is 48.2 Å². The number of likely N-dealkylation sites (tertiary alicyclic amines) is 1. The quantitative estimate of drug-likeness (QED) is 0.668. The van der Waals surface area contributed by atoms with Crippen molar-refractivity contribution in [3.05, 3.63) is 47.5 Å². The van der Waals surface area contributed by atoms with Crippen molar-refractivity contribution in [1.82, 2.24) is 4.90 Å². The van der Waals surface area contributed by atoms with Gasteiger partial charge in [-0.25, -0.2) is 0 Å². The van der Waals surface area contributed by atoms with Gasteiger partial charge in [0.1, 0.15) is 17.5 Å². The summed E-state index contributed by atoms with van der Waals surface area (Å²) < 4.78 is 22.3. The smallest absolute Gasteiger partial charge is 0.320 e. The summed E-state index contributed by atoms with van der Waals surface area (Å²) in [5.74, 6) is 1.78. The fraction of sp³-hybridized carbons (Fsp3) is 0.435. The molecule has 1 N–H and O–H groups in total. The number of rotatable bonds is 9. The van der Waals surface area contributed by atoms with Crippen molar-refractivity contribution in [2.24, 2.45) is 0 Å². The van der Waals surface area contributed by atoms with Crippen LogP contribution in [0.2, 0.25) is 0 Å². The predicted molar refractivity (Wildman–Crippen MR) is 113 cm³/mol. The van der Waals surface area contributed by atoms with Gasteiger partial charge in [0.25, 0.3) is 0 Å². The van der Waals surface area contributed by atoms with E-state index in [4.69, 9.17) is 18.9 Å². The van der Waals surface area contributed by atoms with E-state index in [-0.39, 0.29) is 6.04 Å². The summed E-state index contributed by atoms with van der Waals surface area (Å²) in [4.78, 5) is 14.0. The summed E-state index contributed by atoms with van der Waals surface area (Å²) in [5, 5.41) is 9.83. The lowest BCUT2D eigenvalue weighted by molar-refractivity contribution is -0.142. The third-order valence-corrected chi connectivity index (χ3v) is 5.45. The maximum absolute atomic E-state index is 12.0. The fourth-order valence-corrected chi connectivity index (χ4v) is 4.10. The minimum absolute atomic E-state index is 0.344. The summed E-state index contributed by atoms with van der Waals surface area (Å²) in [5.41, 5.74) is 1.74. The van der Waals surface area contributed by atoms with Crippen LogP contribution in [0.1, 0.15) is 36.9 Å². The van der Waals surface area contributed by atoms with E-state index in [0.29, 0.717) is 42.6 Å². The van der Waals surface area contributed by atoms with Crippen LogP contribution in [-0.4, -0.2) is 56.5 Å². The summed E-state index contributed by atoms with van der Waals surface area (Å²) >= 11 is 0. The van der Waals surface area contributed by atoms with Crippen LogP contribution in [0.3, 0.4) is 0 Å². The largest absolute Gasteiger partial charge is 0.497 e. The molecule has 30 heavy (non-hydrogen) atoms. The second kappa shape index (κ2) is 9.71. The van der Waals surface area contributed by atoms with E-state index in [9.17, 15) is 9.90 Å². The summed E-state index contributed by atoms with van der Waals surface area (Å²) in [7, 11) is 4.81. The van der Waals surface area contributed by atoms with Gasteiger partial charge in [-0.3, -0.25) is 9.69 Å². The molecule has 2 atom stereocenters. The minimum atomic E-state index is -0.822. The van der Waals surface area contributed by atoms with Crippen LogP contribution in [0, 0.1) is 0 Å². The van der Waals surface area contributed by atoms with Crippen molar-refractivity contribution in [2.45, 2.75) is 31.8 Å². The van der Waals surface area contributed by atoms with Crippen LogP contribution in [-0.2, 0) is 4.79 Å². The van der Waals surface area contributed by atoms with Crippen molar-refractivity contribution in [2.75, 3.05) is 34.5 Å². The van der Waals surface area contributed by atoms with Gasteiger partial charge in [-0.15, -0.1) is 0 Å². The van der Waals surface area contributed by atoms with Crippen molar-refractivity contribution in [3.8, 4) is 23.0 Å². The zero-order valence-electron chi connectivity index (χ0n) is 17.9. The van der Waals surface area contributed by atoms with Gasteiger partial charge in [0.2, 0.25) is 0 Å². The van der Waals surface area contributed by atoms with Crippen molar-refractivity contribution < 1.29 is 28.8 Å². The minimum Gasteiger partial charge on any atom is -0.497 e. The summed E-state index contributed by atoms with van der Waals surface area (Å²) in [6.45, 7) is 3.10. The number of carboxylic acid groups (broad SMARTS) is 1. The highest BCUT2D eigenvalue weighted by Gasteiger charge is 2.38. The van der Waals surface area contributed by atoms with E-state index in [1.165, 1.54) is 0 Å². The van der Waals surface area contributed by atoms with Crippen LogP contribution in [0.4, 0.5) is 0 Å². The monoisotopic (exact) mass is 415 g/mol. The van der Waals surface area contributed by atoms with Gasteiger partial charge in [0.05, 0.1) is 34.0 Å². The molecule has 0 aliphatic carbocycles. The highest BCUT2D eigenvalue weighted by atomic mass is 16.5. The molecule has 0 spiro atoms. The molecule has 0 amide bonds. The molecule has 7 heteroatoms. The third kappa shape index (κ3) is 4.31. The van der Waals surface area contributed by atoms with Gasteiger partial charge in [-0.1, -0.05) is 6.07 Å². The Morgan fingerprint density at radius 3 is 2.43 bits per heavy atom. The Bertz CT molecular complexity index is 884. The number of hydrogen-bond acceptors (Lipinski definition) is 6. The predicted octanol–water partition coefficient (Wildman–Crippen LogP) is 3.75. The van der Waals surface area contributed by atoms with Gasteiger partial charge in [0.15, 0.2) is 11.5 Å². The Balaban J connectivity index is 2.18. The van der Waals surface area contributed by atoms with Gasteiger partial charge >= 0.3 is 5.97 Å². The Hall–Kier alpha value is -2.93. The molecule has 1 fully saturated rings. The molecule has 3 rings (SSSR count). The summed E-state index contributed by atoms with van der Waals surface area (Å²) in [6, 6.07) is 10.4. The first kappa shape index (κ1) is 21.8. The number of hydrogen-bond donors (Lipinski definition) is 1. The topological polar surface area (TPSA) is 77.5 Å². The molecular formula is C23H29NO6. The van der Waals surface area contributed by atoms with E-state index in [1.54, 1.807) is 21.3 Å². The molecule has 7 nitrogen and oxygen atoms in total. The van der Waals surface area contributed by atoms with E-state index >= 15 is 0 Å². The van der Waals surface area contributed by atoms with Crippen LogP contribution in [0.15, 0.2) is 36.4 Å². The van der Waals surface area contributed by atoms with Crippen LogP contribution in [0.25, 0.3) is 0 Å². The first-order valence-corrected chi connectivity index (χ1v) is 10.0. The van der Waals surface area contributed by atoms with Crippen LogP contribution < -0.4 is 18.9 Å². The van der Waals surface area contributed by atoms with Crippen LogP contribution in [0.5, 0.6) is 23.0 Å². The maximum Gasteiger partial charge on any atom is 0.320 e. The van der Waals surface area contributed by atoms with Gasteiger partial charge in [-0.05, 0) is 55.7 Å². The number of aliphatic carboxylic acids is 1. The lowest BCUT2D eigenvalue weighted by Crippen LogP contribution is -2.39. The first-order valence-electron chi connectivity index (χ1n) is 10.0. The lowest BCUT2D eigenvalue weighted by Gasteiger charge is -2.33. The average molecular weight is 415 g/mol. The molecule has 1 aliphatic rings. The van der Waals surface area contributed by atoms with Gasteiger partial charge in [-0.2, -0.15) is 0 Å². The number of nitrogens with zero attached hydrogens (tertiary/aromatic N) is 1. The molecule has 2 aromatic rings. The Morgan fingerprint density at radius 2 is 1.80 bits per heavy atom. The standard InChI is InChI=1S/C23H29NO6/c1-5-30-20-10-8-15(13-21(20)29-4)22(24-12-6-7-18(24)23(25)26)17-14-16(27-2)9-11-19(17)28-3/h8-11,13-14,18,22H,5-7,12H2,1-4H3,(H,25,26).